The minimum absolute atomic E-state index is 0.0158. The van der Waals surface area contributed by atoms with Crippen molar-refractivity contribution in [2.45, 2.75) is 33.2 Å². The number of nitrogens with zero attached hydrogens (tertiary/aromatic N) is 1. The Labute approximate surface area is 221 Å². The molecule has 1 heterocycles. The molecular formula is C29H28ClN3O4. The molecule has 0 spiro atoms. The van der Waals surface area contributed by atoms with Gasteiger partial charge in [-0.2, -0.15) is 0 Å². The van der Waals surface area contributed by atoms with Gasteiger partial charge >= 0.3 is 0 Å². The number of carbonyl (C=O) groups excluding carboxylic acids is 3. The summed E-state index contributed by atoms with van der Waals surface area (Å²) in [6.45, 7) is 4.59. The fourth-order valence-electron chi connectivity index (χ4n) is 3.81. The van der Waals surface area contributed by atoms with Crippen LogP contribution in [0.15, 0.2) is 83.5 Å². The van der Waals surface area contributed by atoms with Crippen LogP contribution in [0.25, 0.3) is 0 Å². The molecule has 0 unspecified atom stereocenters. The van der Waals surface area contributed by atoms with Gasteiger partial charge in [-0.05, 0) is 48.7 Å². The SMILES string of the molecule is CCCCOc1ccccc1NC(=O)c1ccc(C)c(NC2=C(Cl)C(=O)N(Cc3ccccc3)C2=O)c1. The molecule has 7 nitrogen and oxygen atoms in total. The summed E-state index contributed by atoms with van der Waals surface area (Å²) in [5.74, 6) is -0.829. The summed E-state index contributed by atoms with van der Waals surface area (Å²) in [6.07, 6.45) is 1.92. The number of carbonyl (C=O) groups is 3. The first-order valence-electron chi connectivity index (χ1n) is 12.1. The van der Waals surface area contributed by atoms with Crippen molar-refractivity contribution in [1.29, 1.82) is 0 Å². The molecule has 0 atom stereocenters. The van der Waals surface area contributed by atoms with Crippen molar-refractivity contribution < 1.29 is 19.1 Å². The zero-order valence-corrected chi connectivity index (χ0v) is 21.5. The standard InChI is InChI=1S/C29H28ClN3O4/c1-3-4-16-37-24-13-9-8-12-22(24)32-27(34)21-15-14-19(2)23(17-21)31-26-25(30)28(35)33(29(26)36)18-20-10-6-5-7-11-20/h5-15,17,31H,3-4,16,18H2,1-2H3,(H,32,34). The Hall–Kier alpha value is -4.10. The van der Waals surface area contributed by atoms with Gasteiger partial charge in [-0.1, -0.05) is 73.5 Å². The summed E-state index contributed by atoms with van der Waals surface area (Å²) in [6, 6.07) is 21.5. The first-order valence-corrected chi connectivity index (χ1v) is 12.5. The molecule has 0 aromatic heterocycles. The van der Waals surface area contributed by atoms with Crippen molar-refractivity contribution in [2.24, 2.45) is 0 Å². The van der Waals surface area contributed by atoms with Gasteiger partial charge in [-0.25, -0.2) is 0 Å². The lowest BCUT2D eigenvalue weighted by molar-refractivity contribution is -0.138. The van der Waals surface area contributed by atoms with Crippen molar-refractivity contribution in [1.82, 2.24) is 4.90 Å². The van der Waals surface area contributed by atoms with E-state index in [1.807, 2.05) is 55.5 Å². The molecule has 0 fully saturated rings. The minimum atomic E-state index is -0.566. The first kappa shape index (κ1) is 26.0. The van der Waals surface area contributed by atoms with Gasteiger partial charge in [0.2, 0.25) is 0 Å². The van der Waals surface area contributed by atoms with Gasteiger partial charge in [-0.3, -0.25) is 19.3 Å². The van der Waals surface area contributed by atoms with E-state index >= 15 is 0 Å². The molecule has 0 radical (unpaired) electrons. The third-order valence-electron chi connectivity index (χ3n) is 5.95. The lowest BCUT2D eigenvalue weighted by atomic mass is 10.1. The molecule has 0 saturated carbocycles. The van der Waals surface area contributed by atoms with Crippen molar-refractivity contribution in [3.8, 4) is 5.75 Å². The maximum Gasteiger partial charge on any atom is 0.279 e. The second-order valence-corrected chi connectivity index (χ2v) is 9.06. The maximum absolute atomic E-state index is 13.1. The summed E-state index contributed by atoms with van der Waals surface area (Å²) in [5, 5.41) is 5.70. The van der Waals surface area contributed by atoms with Crippen LogP contribution in [0.2, 0.25) is 0 Å². The third-order valence-corrected chi connectivity index (χ3v) is 6.30. The lowest BCUT2D eigenvalue weighted by Crippen LogP contribution is -2.31. The molecule has 190 valence electrons. The molecule has 0 aliphatic carbocycles. The highest BCUT2D eigenvalue weighted by atomic mass is 35.5. The number of anilines is 2. The summed E-state index contributed by atoms with van der Waals surface area (Å²) < 4.78 is 5.81. The number of aryl methyl sites for hydroxylation is 1. The van der Waals surface area contributed by atoms with Gasteiger partial charge in [0, 0.05) is 11.3 Å². The second kappa shape index (κ2) is 11.8. The zero-order valence-electron chi connectivity index (χ0n) is 20.7. The summed E-state index contributed by atoms with van der Waals surface area (Å²) in [5.41, 5.74) is 3.00. The molecule has 2 N–H and O–H groups in total. The summed E-state index contributed by atoms with van der Waals surface area (Å²) >= 11 is 6.28. The van der Waals surface area contributed by atoms with Crippen LogP contribution in [0.4, 0.5) is 11.4 Å². The van der Waals surface area contributed by atoms with Crippen LogP contribution in [-0.4, -0.2) is 29.2 Å². The number of imide groups is 1. The normalized spacial score (nSPS) is 13.2. The largest absolute Gasteiger partial charge is 0.491 e. The van der Waals surface area contributed by atoms with Crippen LogP contribution < -0.4 is 15.4 Å². The lowest BCUT2D eigenvalue weighted by Gasteiger charge is -2.16. The molecule has 1 aliphatic heterocycles. The van der Waals surface area contributed by atoms with E-state index in [1.165, 1.54) is 0 Å². The molecule has 37 heavy (non-hydrogen) atoms. The Kier molecular flexibility index (Phi) is 8.25. The number of hydrogen-bond donors (Lipinski definition) is 2. The average Bonchev–Trinajstić information content (AvgIpc) is 3.10. The molecule has 4 rings (SSSR count). The highest BCUT2D eigenvalue weighted by molar-refractivity contribution is 6.48. The van der Waals surface area contributed by atoms with Crippen molar-refractivity contribution in [3.63, 3.8) is 0 Å². The van der Waals surface area contributed by atoms with Gasteiger partial charge in [-0.15, -0.1) is 0 Å². The molecular weight excluding hydrogens is 490 g/mol. The van der Waals surface area contributed by atoms with E-state index < -0.39 is 11.8 Å². The van der Waals surface area contributed by atoms with Crippen LogP contribution in [0, 0.1) is 6.92 Å². The van der Waals surface area contributed by atoms with E-state index in [9.17, 15) is 14.4 Å². The van der Waals surface area contributed by atoms with E-state index in [4.69, 9.17) is 16.3 Å². The molecule has 0 bridgehead atoms. The molecule has 3 aromatic rings. The monoisotopic (exact) mass is 517 g/mol. The van der Waals surface area contributed by atoms with E-state index in [0.717, 1.165) is 28.9 Å². The zero-order chi connectivity index (χ0) is 26.4. The summed E-state index contributed by atoms with van der Waals surface area (Å²) in [4.78, 5) is 39.9. The Morgan fingerprint density at radius 2 is 1.68 bits per heavy atom. The van der Waals surface area contributed by atoms with Gasteiger partial charge < -0.3 is 15.4 Å². The first-order chi connectivity index (χ1) is 17.9. The van der Waals surface area contributed by atoms with Crippen LogP contribution in [0.5, 0.6) is 5.75 Å². The predicted molar refractivity (Wildman–Crippen MR) is 144 cm³/mol. The molecule has 0 saturated heterocycles. The number of unbranched alkanes of at least 4 members (excludes halogenated alkanes) is 1. The topological polar surface area (TPSA) is 87.7 Å². The minimum Gasteiger partial charge on any atom is -0.491 e. The Bertz CT molecular complexity index is 1350. The van der Waals surface area contributed by atoms with Crippen LogP contribution in [0.1, 0.15) is 41.3 Å². The number of amides is 3. The number of ether oxygens (including phenoxy) is 1. The van der Waals surface area contributed by atoms with Crippen molar-refractivity contribution in [2.75, 3.05) is 17.2 Å². The average molecular weight is 518 g/mol. The van der Waals surface area contributed by atoms with Gasteiger partial charge in [0.15, 0.2) is 0 Å². The second-order valence-electron chi connectivity index (χ2n) is 8.68. The molecule has 3 aromatic carbocycles. The Morgan fingerprint density at radius 1 is 0.946 bits per heavy atom. The van der Waals surface area contributed by atoms with Crippen LogP contribution >= 0.6 is 11.6 Å². The number of benzene rings is 3. The van der Waals surface area contributed by atoms with Gasteiger partial charge in [0.1, 0.15) is 16.5 Å². The molecule has 3 amide bonds. The fraction of sp³-hybridized carbons (Fsp3) is 0.207. The number of nitrogens with one attached hydrogen (secondary N) is 2. The fourth-order valence-corrected chi connectivity index (χ4v) is 4.04. The molecule has 1 aliphatic rings. The van der Waals surface area contributed by atoms with E-state index in [0.29, 0.717) is 29.3 Å². The molecule has 8 heteroatoms. The highest BCUT2D eigenvalue weighted by Crippen LogP contribution is 2.29. The van der Waals surface area contributed by atoms with E-state index in [-0.39, 0.29) is 23.2 Å². The quantitative estimate of drug-likeness (QED) is 0.260. The predicted octanol–water partition coefficient (Wildman–Crippen LogP) is 5.86. The van der Waals surface area contributed by atoms with Crippen molar-refractivity contribution >= 4 is 40.7 Å². The Balaban J connectivity index is 1.51. The number of para-hydroxylation sites is 2. The highest BCUT2D eigenvalue weighted by Gasteiger charge is 2.38. The summed E-state index contributed by atoms with van der Waals surface area (Å²) in [7, 11) is 0. The van der Waals surface area contributed by atoms with Crippen LogP contribution in [-0.2, 0) is 16.1 Å². The van der Waals surface area contributed by atoms with E-state index in [2.05, 4.69) is 17.6 Å². The van der Waals surface area contributed by atoms with Crippen molar-refractivity contribution in [3.05, 3.63) is 100 Å². The van der Waals surface area contributed by atoms with Gasteiger partial charge in [0.05, 0.1) is 18.8 Å². The third kappa shape index (κ3) is 6.01. The maximum atomic E-state index is 13.1. The van der Waals surface area contributed by atoms with E-state index in [1.54, 1.807) is 24.3 Å². The smallest absolute Gasteiger partial charge is 0.279 e. The Morgan fingerprint density at radius 3 is 2.43 bits per heavy atom. The van der Waals surface area contributed by atoms with Crippen LogP contribution in [0.3, 0.4) is 0 Å². The number of halogens is 1. The number of hydrogen-bond acceptors (Lipinski definition) is 5. The van der Waals surface area contributed by atoms with Gasteiger partial charge in [0.25, 0.3) is 17.7 Å². The number of rotatable bonds is 10.